The van der Waals surface area contributed by atoms with E-state index in [-0.39, 0.29) is 49.6 Å². The van der Waals surface area contributed by atoms with E-state index in [9.17, 15) is 0 Å². The van der Waals surface area contributed by atoms with E-state index in [4.69, 9.17) is 0 Å². The Hall–Kier alpha value is 0.740. The maximum Gasteiger partial charge on any atom is 0.0135 e. The second-order valence-electron chi connectivity index (χ2n) is 5.79. The molecule has 26 heavy (non-hydrogen) atoms. The summed E-state index contributed by atoms with van der Waals surface area (Å²) in [4.78, 5) is 0. The Morgan fingerprint density at radius 1 is 0.462 bits per heavy atom. The quantitative estimate of drug-likeness (QED) is 0.186. The highest BCUT2D eigenvalue weighted by molar-refractivity contribution is 5.86. The Labute approximate surface area is 187 Å². The third-order valence-corrected chi connectivity index (χ3v) is 3.52. The lowest BCUT2D eigenvalue weighted by Gasteiger charge is -2.05. The highest BCUT2D eigenvalue weighted by Gasteiger charge is 1.89. The van der Waals surface area contributed by atoms with Crippen molar-refractivity contribution in [1.29, 1.82) is 0 Å². The zero-order valence-electron chi connectivity index (χ0n) is 16.7. The molecule has 0 radical (unpaired) electrons. The molecule has 0 atom stereocenters. The lowest BCUT2D eigenvalue weighted by atomic mass is 10.3. The van der Waals surface area contributed by atoms with Crippen LogP contribution in [-0.2, 0) is 0 Å². The van der Waals surface area contributed by atoms with Crippen molar-refractivity contribution >= 4 is 49.6 Å². The topological polar surface area (TPSA) is 48.1 Å². The predicted octanol–water partition coefficient (Wildman–Crippen LogP) is 3.97. The molecule has 164 valence electrons. The van der Waals surface area contributed by atoms with Crippen molar-refractivity contribution < 1.29 is 0 Å². The van der Waals surface area contributed by atoms with Crippen LogP contribution in [0, 0.1) is 0 Å². The number of hydrogen-bond acceptors (Lipinski definition) is 4. The molecular formula is C18H44Cl4N4. The number of rotatable bonds is 18. The Kier molecular flexibility index (Phi) is 52.8. The molecule has 8 heteroatoms. The van der Waals surface area contributed by atoms with E-state index in [1.165, 1.54) is 38.5 Å². The predicted molar refractivity (Wildman–Crippen MR) is 129 cm³/mol. The lowest BCUT2D eigenvalue weighted by Crippen LogP contribution is -2.23. The van der Waals surface area contributed by atoms with E-state index in [0.29, 0.717) is 0 Å². The van der Waals surface area contributed by atoms with Crippen molar-refractivity contribution in [3.8, 4) is 0 Å². The van der Waals surface area contributed by atoms with Gasteiger partial charge in [0, 0.05) is 13.1 Å². The molecule has 0 aliphatic heterocycles. The smallest absolute Gasteiger partial charge is 0.0135 e. The van der Waals surface area contributed by atoms with Gasteiger partial charge in [0.25, 0.3) is 0 Å². The van der Waals surface area contributed by atoms with Gasteiger partial charge in [-0.2, -0.15) is 0 Å². The fourth-order valence-corrected chi connectivity index (χ4v) is 2.07. The monoisotopic (exact) mass is 456 g/mol. The molecular weight excluding hydrogens is 414 g/mol. The molecule has 0 heterocycles. The molecule has 4 N–H and O–H groups in total. The van der Waals surface area contributed by atoms with Gasteiger partial charge in [-0.15, -0.1) is 49.6 Å². The minimum absolute atomic E-state index is 0. The fourth-order valence-electron chi connectivity index (χ4n) is 2.07. The largest absolute Gasteiger partial charge is 0.317 e. The number of halogens is 4. The maximum absolute atomic E-state index is 3.46. The Bertz CT molecular complexity index is 213. The number of unbranched alkanes of at least 4 members (excludes halogenated alkanes) is 2. The normalized spacial score (nSPS) is 9.77. The van der Waals surface area contributed by atoms with Gasteiger partial charge in [0.05, 0.1) is 0 Å². The first-order chi connectivity index (χ1) is 10.9. The van der Waals surface area contributed by atoms with Gasteiger partial charge in [0.15, 0.2) is 0 Å². The SMILES string of the molecule is CCCCNCCCNC/C=C/CNCCCNCCCC.Cl.Cl.Cl.Cl. The summed E-state index contributed by atoms with van der Waals surface area (Å²) in [7, 11) is 0. The van der Waals surface area contributed by atoms with Gasteiger partial charge in [-0.1, -0.05) is 38.8 Å². The van der Waals surface area contributed by atoms with Crippen molar-refractivity contribution in [2.75, 3.05) is 52.4 Å². The van der Waals surface area contributed by atoms with Gasteiger partial charge in [-0.25, -0.2) is 0 Å². The summed E-state index contributed by atoms with van der Waals surface area (Å²) in [6, 6.07) is 0. The van der Waals surface area contributed by atoms with Gasteiger partial charge in [-0.05, 0) is 65.0 Å². The van der Waals surface area contributed by atoms with Crippen molar-refractivity contribution in [3.05, 3.63) is 12.2 Å². The summed E-state index contributed by atoms with van der Waals surface area (Å²) in [5.74, 6) is 0. The highest BCUT2D eigenvalue weighted by Crippen LogP contribution is 1.83. The van der Waals surface area contributed by atoms with Gasteiger partial charge in [-0.3, -0.25) is 0 Å². The lowest BCUT2D eigenvalue weighted by molar-refractivity contribution is 0.592. The third-order valence-electron chi connectivity index (χ3n) is 3.52. The van der Waals surface area contributed by atoms with Crippen molar-refractivity contribution in [2.45, 2.75) is 52.4 Å². The molecule has 0 rings (SSSR count). The summed E-state index contributed by atoms with van der Waals surface area (Å²) >= 11 is 0. The molecule has 0 unspecified atom stereocenters. The molecule has 0 spiro atoms. The van der Waals surface area contributed by atoms with Crippen LogP contribution >= 0.6 is 49.6 Å². The Morgan fingerprint density at radius 2 is 0.769 bits per heavy atom. The van der Waals surface area contributed by atoms with Crippen LogP contribution in [0.4, 0.5) is 0 Å². The van der Waals surface area contributed by atoms with E-state index in [1.54, 1.807) is 0 Å². The van der Waals surface area contributed by atoms with Crippen LogP contribution in [-0.4, -0.2) is 52.4 Å². The Morgan fingerprint density at radius 3 is 1.12 bits per heavy atom. The second kappa shape index (κ2) is 36.6. The molecule has 0 amide bonds. The van der Waals surface area contributed by atoms with E-state index in [2.05, 4.69) is 47.3 Å². The summed E-state index contributed by atoms with van der Waals surface area (Å²) in [6.07, 6.45) is 12.0. The molecule has 0 bridgehead atoms. The van der Waals surface area contributed by atoms with Crippen LogP contribution in [0.25, 0.3) is 0 Å². The Balaban J connectivity index is -0.000000367. The molecule has 0 saturated heterocycles. The molecule has 0 aromatic carbocycles. The molecule has 0 aromatic rings. The number of hydrogen-bond donors (Lipinski definition) is 4. The van der Waals surface area contributed by atoms with Crippen LogP contribution in [0.5, 0.6) is 0 Å². The summed E-state index contributed by atoms with van der Waals surface area (Å²) in [5, 5.41) is 13.8. The second-order valence-corrected chi connectivity index (χ2v) is 5.79. The summed E-state index contributed by atoms with van der Waals surface area (Å²) in [5.41, 5.74) is 0. The van der Waals surface area contributed by atoms with E-state index in [1.807, 2.05) is 0 Å². The standard InChI is InChI=1S/C18H40N4.4ClH/c1-3-5-11-19-15-9-17-21-13-7-8-14-22-18-10-16-20-12-6-4-2;;;;/h7-8,19-22H,3-6,9-18H2,1-2H3;4*1H/b8-7+;;;;. The first-order valence-corrected chi connectivity index (χ1v) is 9.39. The van der Waals surface area contributed by atoms with E-state index < -0.39 is 0 Å². The van der Waals surface area contributed by atoms with Crippen molar-refractivity contribution in [3.63, 3.8) is 0 Å². The van der Waals surface area contributed by atoms with Crippen LogP contribution in [0.15, 0.2) is 12.2 Å². The molecule has 0 saturated carbocycles. The average molecular weight is 458 g/mol. The molecule has 0 aromatic heterocycles. The highest BCUT2D eigenvalue weighted by atomic mass is 35.5. The van der Waals surface area contributed by atoms with Crippen LogP contribution in [0.2, 0.25) is 0 Å². The van der Waals surface area contributed by atoms with Gasteiger partial charge in [0.2, 0.25) is 0 Å². The van der Waals surface area contributed by atoms with E-state index in [0.717, 1.165) is 52.4 Å². The molecule has 0 fully saturated rings. The average Bonchev–Trinajstić information content (AvgIpc) is 2.54. The van der Waals surface area contributed by atoms with Crippen molar-refractivity contribution in [1.82, 2.24) is 21.3 Å². The fraction of sp³-hybridized carbons (Fsp3) is 0.889. The zero-order chi connectivity index (χ0) is 16.1. The van der Waals surface area contributed by atoms with Gasteiger partial charge in [0.1, 0.15) is 0 Å². The summed E-state index contributed by atoms with van der Waals surface area (Å²) < 4.78 is 0. The summed E-state index contributed by atoms with van der Waals surface area (Å²) in [6.45, 7) is 13.2. The van der Waals surface area contributed by atoms with E-state index >= 15 is 0 Å². The minimum Gasteiger partial charge on any atom is -0.317 e. The van der Waals surface area contributed by atoms with Crippen LogP contribution < -0.4 is 21.3 Å². The first kappa shape index (κ1) is 37.5. The van der Waals surface area contributed by atoms with Crippen LogP contribution in [0.3, 0.4) is 0 Å². The number of nitrogens with one attached hydrogen (secondary N) is 4. The maximum atomic E-state index is 3.46. The molecule has 0 aliphatic rings. The minimum atomic E-state index is 0. The van der Waals surface area contributed by atoms with Gasteiger partial charge >= 0.3 is 0 Å². The first-order valence-electron chi connectivity index (χ1n) is 9.39. The molecule has 0 aliphatic carbocycles. The zero-order valence-corrected chi connectivity index (χ0v) is 20.0. The molecule has 4 nitrogen and oxygen atoms in total. The van der Waals surface area contributed by atoms with Crippen molar-refractivity contribution in [2.24, 2.45) is 0 Å². The van der Waals surface area contributed by atoms with Gasteiger partial charge < -0.3 is 21.3 Å². The van der Waals surface area contributed by atoms with Crippen LogP contribution in [0.1, 0.15) is 52.4 Å². The third kappa shape index (κ3) is 35.8.